The van der Waals surface area contributed by atoms with Gasteiger partial charge in [-0.05, 0) is 20.4 Å². The van der Waals surface area contributed by atoms with Crippen LogP contribution in [0.2, 0.25) is 0 Å². The summed E-state index contributed by atoms with van der Waals surface area (Å²) in [5, 5.41) is 2.93. The van der Waals surface area contributed by atoms with E-state index in [1.807, 2.05) is 0 Å². The summed E-state index contributed by atoms with van der Waals surface area (Å²) in [7, 11) is -1.66. The molecule has 6 heteroatoms. The molecule has 0 saturated carbocycles. The fraction of sp³-hybridized carbons (Fsp3) is 0.692. The maximum atomic E-state index is 12.1. The zero-order valence-electron chi connectivity index (χ0n) is 12.0. The van der Waals surface area contributed by atoms with Gasteiger partial charge in [0.25, 0.3) is 0 Å². The van der Waals surface area contributed by atoms with Gasteiger partial charge in [-0.2, -0.15) is 0 Å². The van der Waals surface area contributed by atoms with Gasteiger partial charge in [-0.25, -0.2) is 13.1 Å². The molecular weight excluding hydrogens is 264 g/mol. The highest BCUT2D eigenvalue weighted by Crippen LogP contribution is 2.19. The number of hydrogen-bond acceptors (Lipinski definition) is 4. The van der Waals surface area contributed by atoms with Gasteiger partial charge in [-0.3, -0.25) is 0 Å². The number of furan rings is 1. The largest absolute Gasteiger partial charge is 0.464 e. The van der Waals surface area contributed by atoms with Crippen LogP contribution in [0.25, 0.3) is 0 Å². The molecule has 0 spiro atoms. The second-order valence-electron chi connectivity index (χ2n) is 4.62. The monoisotopic (exact) mass is 288 g/mol. The van der Waals surface area contributed by atoms with Gasteiger partial charge in [-0.15, -0.1) is 0 Å². The summed E-state index contributed by atoms with van der Waals surface area (Å²) < 4.78 is 32.3. The van der Waals surface area contributed by atoms with Crippen molar-refractivity contribution in [3.63, 3.8) is 0 Å². The molecule has 1 heterocycles. The lowest BCUT2D eigenvalue weighted by atomic mass is 10.2. The molecule has 0 bridgehead atoms. The van der Waals surface area contributed by atoms with Gasteiger partial charge < -0.3 is 9.73 Å². The fourth-order valence-electron chi connectivity index (χ4n) is 1.89. The van der Waals surface area contributed by atoms with Crippen LogP contribution in [0, 0.1) is 6.92 Å². The Morgan fingerprint density at radius 3 is 2.63 bits per heavy atom. The SMILES string of the molecule is CCCCCCNS(=O)(=O)c1cc(CNC)oc1C. The third-order valence-corrected chi connectivity index (χ3v) is 4.45. The molecule has 5 nitrogen and oxygen atoms in total. The Balaban J connectivity index is 2.61. The molecule has 110 valence electrons. The van der Waals surface area contributed by atoms with Crippen molar-refractivity contribution >= 4 is 10.0 Å². The number of hydrogen-bond donors (Lipinski definition) is 2. The van der Waals surface area contributed by atoms with E-state index >= 15 is 0 Å². The summed E-state index contributed by atoms with van der Waals surface area (Å²) in [4.78, 5) is 0.244. The minimum absolute atomic E-state index is 0.244. The number of sulfonamides is 1. The van der Waals surface area contributed by atoms with Crippen LogP contribution in [-0.2, 0) is 16.6 Å². The Bertz CT molecular complexity index is 480. The van der Waals surface area contributed by atoms with Gasteiger partial charge in [-0.1, -0.05) is 26.2 Å². The summed E-state index contributed by atoms with van der Waals surface area (Å²) in [5.41, 5.74) is 0. The maximum absolute atomic E-state index is 12.1. The minimum Gasteiger partial charge on any atom is -0.464 e. The Kier molecular flexibility index (Phi) is 6.54. The number of nitrogens with one attached hydrogen (secondary N) is 2. The molecule has 1 aromatic heterocycles. The van der Waals surface area contributed by atoms with E-state index in [2.05, 4.69) is 17.0 Å². The first kappa shape index (κ1) is 16.2. The first-order valence-corrected chi connectivity index (χ1v) is 8.23. The first-order valence-electron chi connectivity index (χ1n) is 6.74. The molecule has 0 saturated heterocycles. The van der Waals surface area contributed by atoms with Gasteiger partial charge in [0, 0.05) is 12.6 Å². The predicted octanol–water partition coefficient (Wildman–Crippen LogP) is 2.17. The van der Waals surface area contributed by atoms with Crippen molar-refractivity contribution in [3.8, 4) is 0 Å². The van der Waals surface area contributed by atoms with E-state index < -0.39 is 10.0 Å². The third kappa shape index (κ3) is 4.97. The Morgan fingerprint density at radius 1 is 1.26 bits per heavy atom. The van der Waals surface area contributed by atoms with Gasteiger partial charge in [0.2, 0.25) is 10.0 Å². The predicted molar refractivity (Wildman–Crippen MR) is 75.5 cm³/mol. The van der Waals surface area contributed by atoms with Crippen molar-refractivity contribution in [1.29, 1.82) is 0 Å². The lowest BCUT2D eigenvalue weighted by molar-refractivity contribution is 0.465. The van der Waals surface area contributed by atoms with E-state index in [1.165, 1.54) is 0 Å². The molecule has 0 atom stereocenters. The van der Waals surface area contributed by atoms with Crippen molar-refractivity contribution in [1.82, 2.24) is 10.0 Å². The van der Waals surface area contributed by atoms with Crippen LogP contribution in [0.4, 0.5) is 0 Å². The lowest BCUT2D eigenvalue weighted by Crippen LogP contribution is -2.25. The van der Waals surface area contributed by atoms with Crippen LogP contribution in [0.15, 0.2) is 15.4 Å². The summed E-state index contributed by atoms with van der Waals surface area (Å²) >= 11 is 0. The Hall–Kier alpha value is -0.850. The summed E-state index contributed by atoms with van der Waals surface area (Å²) in [6.07, 6.45) is 4.20. The zero-order valence-corrected chi connectivity index (χ0v) is 12.8. The maximum Gasteiger partial charge on any atom is 0.244 e. The van der Waals surface area contributed by atoms with E-state index in [0.29, 0.717) is 24.6 Å². The average Bonchev–Trinajstić information content (AvgIpc) is 2.71. The van der Waals surface area contributed by atoms with E-state index in [4.69, 9.17) is 4.42 Å². The summed E-state index contributed by atoms with van der Waals surface area (Å²) in [6.45, 7) is 4.80. The molecule has 0 aliphatic heterocycles. The van der Waals surface area contributed by atoms with Crippen LogP contribution in [-0.4, -0.2) is 22.0 Å². The van der Waals surface area contributed by atoms with Crippen LogP contribution in [0.5, 0.6) is 0 Å². The topological polar surface area (TPSA) is 71.3 Å². The molecule has 0 aromatic carbocycles. The molecule has 2 N–H and O–H groups in total. The van der Waals surface area contributed by atoms with Crippen molar-refractivity contribution in [2.24, 2.45) is 0 Å². The summed E-state index contributed by atoms with van der Waals surface area (Å²) in [5.74, 6) is 1.07. The quantitative estimate of drug-likeness (QED) is 0.683. The van der Waals surface area contributed by atoms with Crippen molar-refractivity contribution < 1.29 is 12.8 Å². The Labute approximate surface area is 115 Å². The van der Waals surface area contributed by atoms with Gasteiger partial charge in [0.05, 0.1) is 6.54 Å². The highest BCUT2D eigenvalue weighted by molar-refractivity contribution is 7.89. The van der Waals surface area contributed by atoms with Crippen molar-refractivity contribution in [2.45, 2.75) is 51.0 Å². The number of unbranched alkanes of at least 4 members (excludes halogenated alkanes) is 3. The molecule has 1 rings (SSSR count). The number of rotatable bonds is 9. The minimum atomic E-state index is -3.45. The van der Waals surface area contributed by atoms with Gasteiger partial charge >= 0.3 is 0 Å². The molecule has 0 aliphatic carbocycles. The second kappa shape index (κ2) is 7.67. The van der Waals surface area contributed by atoms with Gasteiger partial charge in [0.1, 0.15) is 16.4 Å². The molecule has 0 radical (unpaired) electrons. The third-order valence-electron chi connectivity index (χ3n) is 2.89. The summed E-state index contributed by atoms with van der Waals surface area (Å²) in [6, 6.07) is 1.58. The van der Waals surface area contributed by atoms with E-state index in [-0.39, 0.29) is 4.90 Å². The van der Waals surface area contributed by atoms with Crippen molar-refractivity contribution in [3.05, 3.63) is 17.6 Å². The molecule has 1 aromatic rings. The molecule has 0 aliphatic rings. The molecular formula is C13H24N2O3S. The van der Waals surface area contributed by atoms with Crippen LogP contribution in [0.3, 0.4) is 0 Å². The van der Waals surface area contributed by atoms with Crippen LogP contribution in [0.1, 0.15) is 44.1 Å². The molecule has 0 fully saturated rings. The van der Waals surface area contributed by atoms with Crippen molar-refractivity contribution in [2.75, 3.05) is 13.6 Å². The second-order valence-corrected chi connectivity index (χ2v) is 6.36. The molecule has 0 amide bonds. The average molecular weight is 288 g/mol. The molecule has 0 unspecified atom stereocenters. The molecule has 19 heavy (non-hydrogen) atoms. The Morgan fingerprint density at radius 2 is 2.00 bits per heavy atom. The van der Waals surface area contributed by atoms with Crippen LogP contribution >= 0.6 is 0 Å². The smallest absolute Gasteiger partial charge is 0.244 e. The van der Waals surface area contributed by atoms with E-state index in [9.17, 15) is 8.42 Å². The standard InChI is InChI=1S/C13H24N2O3S/c1-4-5-6-7-8-15-19(16,17)13-9-12(10-14-3)18-11(13)2/h9,14-15H,4-8,10H2,1-3H3. The van der Waals surface area contributed by atoms with Gasteiger partial charge in [0.15, 0.2) is 0 Å². The normalized spacial score (nSPS) is 11.9. The zero-order chi connectivity index (χ0) is 14.3. The van der Waals surface area contributed by atoms with Crippen LogP contribution < -0.4 is 10.0 Å². The van der Waals surface area contributed by atoms with E-state index in [0.717, 1.165) is 25.7 Å². The van der Waals surface area contributed by atoms with E-state index in [1.54, 1.807) is 20.0 Å². The highest BCUT2D eigenvalue weighted by Gasteiger charge is 2.20. The highest BCUT2D eigenvalue weighted by atomic mass is 32.2. The first-order chi connectivity index (χ1) is 9.01. The number of aryl methyl sites for hydroxylation is 1. The fourth-order valence-corrected chi connectivity index (χ4v) is 3.16. The lowest BCUT2D eigenvalue weighted by Gasteiger charge is -2.05.